The van der Waals surface area contributed by atoms with E-state index in [2.05, 4.69) is 35.4 Å². The van der Waals surface area contributed by atoms with Gasteiger partial charge in [-0.3, -0.25) is 14.5 Å². The molecule has 1 aliphatic carbocycles. The number of nitrogens with zero attached hydrogens (tertiary/aromatic N) is 3. The first-order valence-electron chi connectivity index (χ1n) is 14.0. The van der Waals surface area contributed by atoms with Gasteiger partial charge in [0.25, 0.3) is 0 Å². The van der Waals surface area contributed by atoms with Crippen molar-refractivity contribution in [1.82, 2.24) is 20.0 Å². The van der Waals surface area contributed by atoms with Gasteiger partial charge in [0.15, 0.2) is 0 Å². The van der Waals surface area contributed by atoms with Crippen molar-refractivity contribution in [2.75, 3.05) is 13.1 Å². The zero-order chi connectivity index (χ0) is 28.3. The summed E-state index contributed by atoms with van der Waals surface area (Å²) in [6, 6.07) is 23.0. The van der Waals surface area contributed by atoms with Gasteiger partial charge in [-0.1, -0.05) is 84.8 Å². The van der Waals surface area contributed by atoms with E-state index in [1.54, 1.807) is 15.9 Å². The quantitative estimate of drug-likeness (QED) is 0.364. The topological polar surface area (TPSA) is 93.2 Å². The first-order chi connectivity index (χ1) is 20.0. The van der Waals surface area contributed by atoms with Gasteiger partial charge < -0.3 is 20.2 Å². The van der Waals surface area contributed by atoms with E-state index in [0.717, 1.165) is 27.5 Å². The normalized spacial score (nSPS) is 22.6. The van der Waals surface area contributed by atoms with E-state index < -0.39 is 18.4 Å². The van der Waals surface area contributed by atoms with Crippen LogP contribution in [0.3, 0.4) is 0 Å². The van der Waals surface area contributed by atoms with Gasteiger partial charge >= 0.3 is 6.03 Å². The zero-order valence-corrected chi connectivity index (χ0v) is 22.7. The fourth-order valence-electron chi connectivity index (χ4n) is 6.06. The Morgan fingerprint density at radius 2 is 1.76 bits per heavy atom. The summed E-state index contributed by atoms with van der Waals surface area (Å²) in [4.78, 5) is 43.9. The smallest absolute Gasteiger partial charge is 0.319 e. The van der Waals surface area contributed by atoms with Crippen molar-refractivity contribution in [3.63, 3.8) is 0 Å². The summed E-state index contributed by atoms with van der Waals surface area (Å²) in [7, 11) is 0. The molecule has 0 aromatic heterocycles. The van der Waals surface area contributed by atoms with Crippen LogP contribution in [0.5, 0.6) is 0 Å². The van der Waals surface area contributed by atoms with Gasteiger partial charge in [-0.15, -0.1) is 0 Å². The molecule has 2 heterocycles. The summed E-state index contributed by atoms with van der Waals surface area (Å²) in [5.41, 5.74) is 2.76. The first kappa shape index (κ1) is 26.8. The van der Waals surface area contributed by atoms with E-state index in [1.165, 1.54) is 0 Å². The van der Waals surface area contributed by atoms with E-state index in [-0.39, 0.29) is 30.6 Å². The molecule has 2 fully saturated rings. The average molecular weight is 549 g/mol. The van der Waals surface area contributed by atoms with Crippen LogP contribution in [-0.2, 0) is 22.7 Å². The van der Waals surface area contributed by atoms with Crippen molar-refractivity contribution in [2.24, 2.45) is 0 Å². The van der Waals surface area contributed by atoms with Crippen LogP contribution in [0, 0.1) is 11.8 Å². The Balaban J connectivity index is 1.31. The van der Waals surface area contributed by atoms with Crippen molar-refractivity contribution >= 4 is 28.5 Å². The number of allylic oxidation sites excluding steroid dienone is 1. The molecule has 3 aliphatic rings. The zero-order valence-electron chi connectivity index (χ0n) is 22.7. The number of aliphatic hydroxyl groups is 1. The molecule has 3 aromatic carbocycles. The number of nitrogens with one attached hydrogen (secondary N) is 1. The second-order valence-corrected chi connectivity index (χ2v) is 10.7. The molecule has 0 bridgehead atoms. The lowest BCUT2D eigenvalue weighted by Crippen LogP contribution is -2.72. The van der Waals surface area contributed by atoms with Crippen molar-refractivity contribution in [1.29, 1.82) is 0 Å². The number of urea groups is 1. The fraction of sp³-hybridized carbons (Fsp3) is 0.303. The lowest BCUT2D eigenvalue weighted by Gasteiger charge is -2.55. The molecule has 2 saturated heterocycles. The third kappa shape index (κ3) is 5.60. The van der Waals surface area contributed by atoms with Crippen LogP contribution in [0.4, 0.5) is 4.79 Å². The Bertz CT molecular complexity index is 1570. The van der Waals surface area contributed by atoms with Crippen molar-refractivity contribution in [3.8, 4) is 11.8 Å². The molecule has 41 heavy (non-hydrogen) atoms. The molecular weight excluding hydrogens is 516 g/mol. The third-order valence-corrected chi connectivity index (χ3v) is 8.13. The van der Waals surface area contributed by atoms with Gasteiger partial charge in [0, 0.05) is 51.0 Å². The maximum atomic E-state index is 13.5. The molecule has 3 atom stereocenters. The molecule has 2 aliphatic heterocycles. The summed E-state index contributed by atoms with van der Waals surface area (Å²) < 4.78 is 0. The SMILES string of the molecule is O=C1C#CC(CC2C(O)N(Cc3cccc4ccccc34)CC3N(C(=O)NCc4ccccc4)CCC(=O)N23)=CC1. The molecule has 2 N–H and O–H groups in total. The highest BCUT2D eigenvalue weighted by atomic mass is 16.3. The third-order valence-electron chi connectivity index (χ3n) is 8.13. The number of rotatable bonds is 6. The molecule has 0 saturated carbocycles. The highest BCUT2D eigenvalue weighted by Gasteiger charge is 2.49. The van der Waals surface area contributed by atoms with Crippen LogP contribution >= 0.6 is 0 Å². The minimum absolute atomic E-state index is 0.101. The molecule has 0 spiro atoms. The maximum Gasteiger partial charge on any atom is 0.319 e. The molecule has 8 nitrogen and oxygen atoms in total. The Morgan fingerprint density at radius 1 is 0.976 bits per heavy atom. The molecule has 3 unspecified atom stereocenters. The fourth-order valence-corrected chi connectivity index (χ4v) is 6.06. The van der Waals surface area contributed by atoms with Gasteiger partial charge in [0.1, 0.15) is 12.4 Å². The van der Waals surface area contributed by atoms with E-state index in [0.29, 0.717) is 32.6 Å². The Morgan fingerprint density at radius 3 is 2.56 bits per heavy atom. The number of fused-ring (bicyclic) bond motifs is 2. The second kappa shape index (κ2) is 11.6. The van der Waals surface area contributed by atoms with Gasteiger partial charge in [-0.2, -0.15) is 0 Å². The number of piperazine rings is 1. The number of hydrogen-bond donors (Lipinski definition) is 2. The highest BCUT2D eigenvalue weighted by Crippen LogP contribution is 2.33. The lowest BCUT2D eigenvalue weighted by molar-refractivity contribution is -0.180. The van der Waals surface area contributed by atoms with Crippen LogP contribution in [0.25, 0.3) is 10.8 Å². The molecule has 3 amide bonds. The van der Waals surface area contributed by atoms with E-state index in [1.807, 2.05) is 59.5 Å². The number of ketones is 1. The van der Waals surface area contributed by atoms with Crippen LogP contribution in [-0.4, -0.2) is 69.1 Å². The molecule has 6 rings (SSSR count). The standard InChI is InChI=1S/C33H32N4O4/c38-27-15-13-23(14-16-27)19-29-32(40)35(21-26-11-6-10-25-9-4-5-12-28(25)26)22-30-36(18-17-31(39)37(29)30)33(41)34-20-24-7-2-1-3-8-24/h1-13,29-30,32,40H,15,17-22H2,(H,34,41). The minimum Gasteiger partial charge on any atom is -0.376 e. The van der Waals surface area contributed by atoms with Gasteiger partial charge in [0.2, 0.25) is 11.7 Å². The minimum atomic E-state index is -0.984. The summed E-state index contributed by atoms with van der Waals surface area (Å²) in [5.74, 6) is 5.28. The predicted molar refractivity (Wildman–Crippen MR) is 155 cm³/mol. The van der Waals surface area contributed by atoms with Crippen LogP contribution in [0.15, 0.2) is 84.4 Å². The Labute approximate surface area is 239 Å². The van der Waals surface area contributed by atoms with Crippen LogP contribution in [0.2, 0.25) is 0 Å². The number of hydrogen-bond acceptors (Lipinski definition) is 5. The average Bonchev–Trinajstić information content (AvgIpc) is 3.00. The summed E-state index contributed by atoms with van der Waals surface area (Å²) in [6.07, 6.45) is 0.926. The van der Waals surface area contributed by atoms with Gasteiger partial charge in [-0.05, 0) is 27.8 Å². The predicted octanol–water partition coefficient (Wildman–Crippen LogP) is 3.41. The monoisotopic (exact) mass is 548 g/mol. The molecule has 0 radical (unpaired) electrons. The largest absolute Gasteiger partial charge is 0.376 e. The van der Waals surface area contributed by atoms with Crippen LogP contribution in [0.1, 0.15) is 30.4 Å². The number of amides is 3. The number of benzene rings is 3. The summed E-state index contributed by atoms with van der Waals surface area (Å²) >= 11 is 0. The van der Waals surface area contributed by atoms with E-state index in [9.17, 15) is 19.5 Å². The first-order valence-corrected chi connectivity index (χ1v) is 14.0. The molecular formula is C33H32N4O4. The Hall–Kier alpha value is -4.45. The van der Waals surface area contributed by atoms with E-state index >= 15 is 0 Å². The highest BCUT2D eigenvalue weighted by molar-refractivity contribution is 5.98. The number of carbonyl (C=O) groups is 3. The van der Waals surface area contributed by atoms with Crippen molar-refractivity contribution in [3.05, 3.63) is 95.6 Å². The van der Waals surface area contributed by atoms with Gasteiger partial charge in [-0.25, -0.2) is 4.79 Å². The molecule has 3 aromatic rings. The lowest BCUT2D eigenvalue weighted by atomic mass is 9.94. The number of aliphatic hydroxyl groups excluding tert-OH is 1. The molecule has 8 heteroatoms. The summed E-state index contributed by atoms with van der Waals surface area (Å²) in [5, 5.41) is 17.0. The van der Waals surface area contributed by atoms with E-state index in [4.69, 9.17) is 0 Å². The van der Waals surface area contributed by atoms with Crippen molar-refractivity contribution < 1.29 is 19.5 Å². The maximum absolute atomic E-state index is 13.5. The molecule has 208 valence electrons. The second-order valence-electron chi connectivity index (χ2n) is 10.7. The van der Waals surface area contributed by atoms with Crippen LogP contribution < -0.4 is 5.32 Å². The number of Topliss-reactive ketones (excluding diaryl/α,β-unsaturated/α-hetero) is 1. The Kier molecular flexibility index (Phi) is 7.55. The van der Waals surface area contributed by atoms with Gasteiger partial charge in [0.05, 0.1) is 6.04 Å². The number of carbonyl (C=O) groups excluding carboxylic acids is 3. The summed E-state index contributed by atoms with van der Waals surface area (Å²) in [6.45, 7) is 1.41. The van der Waals surface area contributed by atoms with Crippen molar-refractivity contribution in [2.45, 2.75) is 50.8 Å².